The van der Waals surface area contributed by atoms with Gasteiger partial charge in [0.15, 0.2) is 0 Å². The van der Waals surface area contributed by atoms with Crippen molar-refractivity contribution in [2.24, 2.45) is 0 Å². The van der Waals surface area contributed by atoms with Crippen LogP contribution in [0.5, 0.6) is 11.5 Å². The number of anilines is 2. The number of fused-ring (bicyclic) bond motifs is 2. The van der Waals surface area contributed by atoms with E-state index in [2.05, 4.69) is 10.2 Å². The third kappa shape index (κ3) is 4.17. The molecule has 0 saturated carbocycles. The van der Waals surface area contributed by atoms with Crippen LogP contribution in [0.2, 0.25) is 0 Å². The van der Waals surface area contributed by atoms with Gasteiger partial charge in [-0.1, -0.05) is 47.8 Å². The van der Waals surface area contributed by atoms with E-state index in [1.807, 2.05) is 48.5 Å². The average molecular weight is 478 g/mol. The second-order valence-corrected chi connectivity index (χ2v) is 9.01. The molecule has 0 fully saturated rings. The summed E-state index contributed by atoms with van der Waals surface area (Å²) in [6.07, 6.45) is 0. The number of hydrogen-bond acceptors (Lipinski definition) is 8. The number of benzene rings is 3. The second-order valence-electron chi connectivity index (χ2n) is 6.99. The number of rotatable bonds is 6. The maximum Gasteiger partial charge on any atom is 0.277 e. The number of nitrogens with zero attached hydrogens (tertiary/aromatic N) is 3. The Morgan fingerprint density at radius 2 is 1.67 bits per heavy atom. The summed E-state index contributed by atoms with van der Waals surface area (Å²) in [5.74, 6) is 1.62. The predicted octanol–water partition coefficient (Wildman–Crippen LogP) is 5.68. The van der Waals surface area contributed by atoms with Gasteiger partial charge in [-0.2, -0.15) is 0 Å². The molecular weight excluding hydrogens is 458 g/mol. The zero-order valence-electron chi connectivity index (χ0n) is 17.8. The minimum absolute atomic E-state index is 0.0676. The fraction of sp³-hybridized carbons (Fsp3) is 0.125. The lowest BCUT2D eigenvalue weighted by molar-refractivity contribution is -0.115. The summed E-state index contributed by atoms with van der Waals surface area (Å²) >= 11 is 2.87. The number of amides is 1. The first-order chi connectivity index (χ1) is 16.2. The minimum Gasteiger partial charge on any atom is -0.497 e. The monoisotopic (exact) mass is 477 g/mol. The molecule has 2 heterocycles. The number of carbonyl (C=O) groups is 1. The first kappa shape index (κ1) is 21.4. The zero-order valence-corrected chi connectivity index (χ0v) is 19.5. The summed E-state index contributed by atoms with van der Waals surface area (Å²) in [5.41, 5.74) is 2.40. The molecule has 1 aliphatic rings. The van der Waals surface area contributed by atoms with Gasteiger partial charge in [0.1, 0.15) is 11.5 Å². The Kier molecular flexibility index (Phi) is 5.97. The molecule has 4 aromatic rings. The number of hydrogen-bond donors (Lipinski definition) is 0. The second kappa shape index (κ2) is 9.21. The largest absolute Gasteiger partial charge is 0.497 e. The van der Waals surface area contributed by atoms with Crippen LogP contribution in [0.1, 0.15) is 0 Å². The summed E-state index contributed by atoms with van der Waals surface area (Å²) in [7, 11) is 3.15. The summed E-state index contributed by atoms with van der Waals surface area (Å²) in [6.45, 7) is 0. The predicted molar refractivity (Wildman–Crippen MR) is 128 cm³/mol. The van der Waals surface area contributed by atoms with Crippen LogP contribution in [0.3, 0.4) is 0 Å². The van der Waals surface area contributed by atoms with Crippen molar-refractivity contribution in [3.05, 3.63) is 66.7 Å². The third-order valence-electron chi connectivity index (χ3n) is 5.05. The van der Waals surface area contributed by atoms with Crippen molar-refractivity contribution in [1.29, 1.82) is 0 Å². The van der Waals surface area contributed by atoms with Crippen LogP contribution in [-0.4, -0.2) is 36.1 Å². The molecule has 1 aliphatic heterocycles. The van der Waals surface area contributed by atoms with Crippen molar-refractivity contribution in [1.82, 2.24) is 10.2 Å². The molecule has 0 saturated heterocycles. The molecule has 7 nitrogen and oxygen atoms in total. The summed E-state index contributed by atoms with van der Waals surface area (Å²) in [5, 5.41) is 8.54. The van der Waals surface area contributed by atoms with Crippen LogP contribution in [0, 0.1) is 0 Å². The van der Waals surface area contributed by atoms with Gasteiger partial charge in [-0.3, -0.25) is 9.69 Å². The molecule has 1 aromatic heterocycles. The molecule has 0 bridgehead atoms. The molecule has 0 N–H and O–H groups in total. The third-order valence-corrected chi connectivity index (χ3v) is 6.98. The number of aromatic nitrogens is 2. The molecule has 166 valence electrons. The summed E-state index contributed by atoms with van der Waals surface area (Å²) in [6, 6.07) is 21.1. The Balaban J connectivity index is 1.36. The highest BCUT2D eigenvalue weighted by Gasteiger charge is 2.28. The van der Waals surface area contributed by atoms with E-state index >= 15 is 0 Å². The Morgan fingerprint density at radius 1 is 0.970 bits per heavy atom. The van der Waals surface area contributed by atoms with Crippen molar-refractivity contribution in [3.8, 4) is 23.0 Å². The van der Waals surface area contributed by atoms with Crippen LogP contribution in [-0.2, 0) is 4.79 Å². The highest BCUT2D eigenvalue weighted by molar-refractivity contribution is 8.00. The SMILES string of the molecule is COc1ccc(-c2nnc(SCC(=O)N3c4ccccc4Sc4ccccc43)o2)c(OC)c1. The molecule has 1 amide bonds. The fourth-order valence-electron chi connectivity index (χ4n) is 3.51. The van der Waals surface area contributed by atoms with Crippen LogP contribution in [0.15, 0.2) is 86.2 Å². The van der Waals surface area contributed by atoms with E-state index in [4.69, 9.17) is 13.9 Å². The lowest BCUT2D eigenvalue weighted by atomic mass is 10.2. The maximum absolute atomic E-state index is 13.3. The molecule has 3 aromatic carbocycles. The number of para-hydroxylation sites is 2. The molecular formula is C24H19N3O4S2. The number of methoxy groups -OCH3 is 2. The van der Waals surface area contributed by atoms with Gasteiger partial charge in [-0.25, -0.2) is 0 Å². The van der Waals surface area contributed by atoms with Gasteiger partial charge in [-0.15, -0.1) is 10.2 Å². The summed E-state index contributed by atoms with van der Waals surface area (Å²) < 4.78 is 16.5. The first-order valence-corrected chi connectivity index (χ1v) is 11.9. The van der Waals surface area contributed by atoms with Crippen molar-refractivity contribution in [3.63, 3.8) is 0 Å². The molecule has 9 heteroatoms. The van der Waals surface area contributed by atoms with Crippen LogP contribution in [0.25, 0.3) is 11.5 Å². The normalized spacial score (nSPS) is 12.1. The van der Waals surface area contributed by atoms with E-state index in [0.717, 1.165) is 21.2 Å². The van der Waals surface area contributed by atoms with Gasteiger partial charge in [0.2, 0.25) is 5.91 Å². The minimum atomic E-state index is -0.0676. The van der Waals surface area contributed by atoms with Crippen LogP contribution in [0.4, 0.5) is 11.4 Å². The van der Waals surface area contributed by atoms with E-state index in [9.17, 15) is 4.79 Å². The molecule has 5 rings (SSSR count). The van der Waals surface area contributed by atoms with Crippen molar-refractivity contribution < 1.29 is 18.7 Å². The van der Waals surface area contributed by atoms with Crippen molar-refractivity contribution >= 4 is 40.8 Å². The molecule has 0 radical (unpaired) electrons. The van der Waals surface area contributed by atoms with Gasteiger partial charge in [0.05, 0.1) is 36.9 Å². The number of carbonyl (C=O) groups excluding carboxylic acids is 1. The van der Waals surface area contributed by atoms with E-state index in [1.54, 1.807) is 49.1 Å². The van der Waals surface area contributed by atoms with E-state index in [0.29, 0.717) is 28.2 Å². The zero-order chi connectivity index (χ0) is 22.8. The number of ether oxygens (including phenoxy) is 2. The van der Waals surface area contributed by atoms with E-state index in [1.165, 1.54) is 11.8 Å². The molecule has 0 atom stereocenters. The van der Waals surface area contributed by atoms with Crippen molar-refractivity contribution in [2.45, 2.75) is 15.0 Å². The lowest BCUT2D eigenvalue weighted by Gasteiger charge is -2.30. The Morgan fingerprint density at radius 3 is 2.33 bits per heavy atom. The van der Waals surface area contributed by atoms with Gasteiger partial charge in [0, 0.05) is 15.9 Å². The fourth-order valence-corrected chi connectivity index (χ4v) is 5.18. The summed E-state index contributed by atoms with van der Waals surface area (Å²) in [4.78, 5) is 17.2. The van der Waals surface area contributed by atoms with E-state index < -0.39 is 0 Å². The van der Waals surface area contributed by atoms with Gasteiger partial charge >= 0.3 is 0 Å². The van der Waals surface area contributed by atoms with Crippen LogP contribution >= 0.6 is 23.5 Å². The Hall–Kier alpha value is -3.43. The topological polar surface area (TPSA) is 77.7 Å². The molecule has 0 aliphatic carbocycles. The van der Waals surface area contributed by atoms with Gasteiger partial charge in [-0.05, 0) is 36.4 Å². The Labute approximate surface area is 199 Å². The number of thioether (sulfide) groups is 1. The molecule has 33 heavy (non-hydrogen) atoms. The standard InChI is InChI=1S/C24H19N3O4S2/c1-29-15-11-12-16(19(13-15)30-2)23-25-26-24(31-23)32-14-22(28)27-17-7-3-5-9-20(17)33-21-10-6-4-8-18(21)27/h3-13H,14H2,1-2H3. The van der Waals surface area contributed by atoms with Gasteiger partial charge in [0.25, 0.3) is 11.1 Å². The first-order valence-electron chi connectivity index (χ1n) is 10.1. The average Bonchev–Trinajstić information content (AvgIpc) is 3.34. The lowest BCUT2D eigenvalue weighted by Crippen LogP contribution is -2.29. The van der Waals surface area contributed by atoms with Crippen molar-refractivity contribution in [2.75, 3.05) is 24.9 Å². The Bertz CT molecular complexity index is 1280. The van der Waals surface area contributed by atoms with Gasteiger partial charge < -0.3 is 13.9 Å². The smallest absolute Gasteiger partial charge is 0.277 e. The molecule has 0 unspecified atom stereocenters. The highest BCUT2D eigenvalue weighted by atomic mass is 32.2. The quantitative estimate of drug-likeness (QED) is 0.329. The van der Waals surface area contributed by atoms with Crippen LogP contribution < -0.4 is 14.4 Å². The molecule has 0 spiro atoms. The highest BCUT2D eigenvalue weighted by Crippen LogP contribution is 2.48. The maximum atomic E-state index is 13.3. The van der Waals surface area contributed by atoms with E-state index in [-0.39, 0.29) is 11.7 Å².